The van der Waals surface area contributed by atoms with E-state index in [1.54, 1.807) is 41.2 Å². The zero-order chi connectivity index (χ0) is 16.1. The number of carbonyl (C=O) groups excluding carboxylic acids is 1. The van der Waals surface area contributed by atoms with E-state index in [9.17, 15) is 4.79 Å². The SMILES string of the molecule is O=C(N/N=C/c1ccc2c(c1)OCO2)c1cc[n+](CCO)cc1. The van der Waals surface area contributed by atoms with Crippen molar-refractivity contribution in [3.63, 3.8) is 0 Å². The van der Waals surface area contributed by atoms with Crippen LogP contribution < -0.4 is 19.5 Å². The molecule has 0 fully saturated rings. The Balaban J connectivity index is 1.59. The van der Waals surface area contributed by atoms with Crippen molar-refractivity contribution in [1.29, 1.82) is 0 Å². The Bertz CT molecular complexity index is 729. The minimum absolute atomic E-state index is 0.0516. The average Bonchev–Trinajstić information content (AvgIpc) is 3.03. The van der Waals surface area contributed by atoms with E-state index in [1.165, 1.54) is 6.21 Å². The minimum atomic E-state index is -0.307. The van der Waals surface area contributed by atoms with Crippen LogP contribution in [0.3, 0.4) is 0 Å². The number of aliphatic hydroxyl groups excluding tert-OH is 1. The highest BCUT2D eigenvalue weighted by molar-refractivity contribution is 5.94. The number of fused-ring (bicyclic) bond motifs is 1. The van der Waals surface area contributed by atoms with Crippen molar-refractivity contribution in [3.05, 3.63) is 53.9 Å². The summed E-state index contributed by atoms with van der Waals surface area (Å²) in [4.78, 5) is 12.0. The molecular weight excluding hydrogens is 298 g/mol. The molecular formula is C16H16N3O4+. The van der Waals surface area contributed by atoms with Crippen LogP contribution in [0, 0.1) is 0 Å². The number of amides is 1. The second-order valence-electron chi connectivity index (χ2n) is 4.86. The van der Waals surface area contributed by atoms with E-state index in [-0.39, 0.29) is 19.3 Å². The van der Waals surface area contributed by atoms with Crippen LogP contribution >= 0.6 is 0 Å². The van der Waals surface area contributed by atoms with Gasteiger partial charge in [0, 0.05) is 12.1 Å². The maximum Gasteiger partial charge on any atom is 0.271 e. The van der Waals surface area contributed by atoms with Crippen molar-refractivity contribution in [2.45, 2.75) is 6.54 Å². The van der Waals surface area contributed by atoms with Gasteiger partial charge >= 0.3 is 0 Å². The third-order valence-corrected chi connectivity index (χ3v) is 3.29. The second kappa shape index (κ2) is 6.89. The summed E-state index contributed by atoms with van der Waals surface area (Å²) in [6, 6.07) is 8.74. The summed E-state index contributed by atoms with van der Waals surface area (Å²) in [5.41, 5.74) is 3.75. The van der Waals surface area contributed by atoms with E-state index in [2.05, 4.69) is 10.5 Å². The molecule has 0 saturated heterocycles. The lowest BCUT2D eigenvalue weighted by atomic mass is 10.2. The molecule has 118 valence electrons. The summed E-state index contributed by atoms with van der Waals surface area (Å²) < 4.78 is 12.3. The number of carbonyl (C=O) groups is 1. The van der Waals surface area contributed by atoms with Gasteiger partial charge in [0.15, 0.2) is 30.4 Å². The molecule has 7 nitrogen and oxygen atoms in total. The monoisotopic (exact) mass is 314 g/mol. The first-order chi connectivity index (χ1) is 11.3. The van der Waals surface area contributed by atoms with E-state index in [4.69, 9.17) is 14.6 Å². The molecule has 1 amide bonds. The van der Waals surface area contributed by atoms with Crippen molar-refractivity contribution in [1.82, 2.24) is 5.43 Å². The highest BCUT2D eigenvalue weighted by Gasteiger charge is 2.12. The van der Waals surface area contributed by atoms with Crippen LogP contribution in [-0.4, -0.2) is 30.6 Å². The second-order valence-corrected chi connectivity index (χ2v) is 4.86. The topological polar surface area (TPSA) is 84.0 Å². The zero-order valence-electron chi connectivity index (χ0n) is 12.3. The first-order valence-corrected chi connectivity index (χ1v) is 7.09. The van der Waals surface area contributed by atoms with E-state index in [1.807, 2.05) is 6.07 Å². The summed E-state index contributed by atoms with van der Waals surface area (Å²) in [5, 5.41) is 12.8. The fourth-order valence-electron chi connectivity index (χ4n) is 2.10. The van der Waals surface area contributed by atoms with Crippen molar-refractivity contribution in [3.8, 4) is 11.5 Å². The first kappa shape index (κ1) is 15.0. The molecule has 0 spiro atoms. The van der Waals surface area contributed by atoms with Gasteiger partial charge < -0.3 is 14.6 Å². The number of hydrogen-bond donors (Lipinski definition) is 2. The molecule has 2 aromatic rings. The summed E-state index contributed by atoms with van der Waals surface area (Å²) in [5.74, 6) is 1.06. The van der Waals surface area contributed by atoms with Crippen molar-refractivity contribution < 1.29 is 23.9 Å². The van der Waals surface area contributed by atoms with Crippen LogP contribution in [0.2, 0.25) is 0 Å². The van der Waals surface area contributed by atoms with Gasteiger partial charge in [0.05, 0.1) is 11.8 Å². The average molecular weight is 314 g/mol. The Morgan fingerprint density at radius 3 is 2.83 bits per heavy atom. The zero-order valence-corrected chi connectivity index (χ0v) is 12.3. The lowest BCUT2D eigenvalue weighted by molar-refractivity contribution is -0.698. The molecule has 1 aliphatic rings. The molecule has 0 radical (unpaired) electrons. The van der Waals surface area contributed by atoms with Gasteiger partial charge in [-0.15, -0.1) is 0 Å². The quantitative estimate of drug-likeness (QED) is 0.477. The molecule has 0 atom stereocenters. The number of hydrogen-bond acceptors (Lipinski definition) is 5. The smallest absolute Gasteiger partial charge is 0.271 e. The number of nitrogens with zero attached hydrogens (tertiary/aromatic N) is 2. The molecule has 1 aromatic heterocycles. The summed E-state index contributed by atoms with van der Waals surface area (Å²) in [6.07, 6.45) is 4.99. The number of aromatic nitrogens is 1. The number of ether oxygens (including phenoxy) is 2. The molecule has 23 heavy (non-hydrogen) atoms. The van der Waals surface area contributed by atoms with Gasteiger partial charge in [0.2, 0.25) is 6.79 Å². The molecule has 7 heteroatoms. The predicted molar refractivity (Wildman–Crippen MR) is 81.3 cm³/mol. The van der Waals surface area contributed by atoms with Crippen LogP contribution in [0.15, 0.2) is 47.8 Å². The van der Waals surface area contributed by atoms with E-state index in [0.717, 1.165) is 5.56 Å². The Labute approximate surface area is 132 Å². The molecule has 1 aliphatic heterocycles. The first-order valence-electron chi connectivity index (χ1n) is 7.09. The number of pyridine rings is 1. The third kappa shape index (κ3) is 3.64. The highest BCUT2D eigenvalue weighted by Crippen LogP contribution is 2.31. The number of benzene rings is 1. The summed E-state index contributed by atoms with van der Waals surface area (Å²) in [6.45, 7) is 0.761. The lowest BCUT2D eigenvalue weighted by Crippen LogP contribution is -2.35. The normalized spacial score (nSPS) is 12.6. The van der Waals surface area contributed by atoms with Gasteiger partial charge in [-0.25, -0.2) is 9.99 Å². The molecule has 2 heterocycles. The van der Waals surface area contributed by atoms with Crippen molar-refractivity contribution in [2.75, 3.05) is 13.4 Å². The fraction of sp³-hybridized carbons (Fsp3) is 0.188. The molecule has 0 unspecified atom stereocenters. The van der Waals surface area contributed by atoms with Gasteiger partial charge in [-0.1, -0.05) is 0 Å². The van der Waals surface area contributed by atoms with Crippen molar-refractivity contribution >= 4 is 12.1 Å². The van der Waals surface area contributed by atoms with Gasteiger partial charge in [-0.05, 0) is 23.8 Å². The molecule has 0 aliphatic carbocycles. The molecule has 2 N–H and O–H groups in total. The third-order valence-electron chi connectivity index (χ3n) is 3.29. The Hall–Kier alpha value is -2.93. The number of nitrogens with one attached hydrogen (secondary N) is 1. The minimum Gasteiger partial charge on any atom is -0.454 e. The number of hydrazone groups is 1. The Morgan fingerprint density at radius 1 is 1.26 bits per heavy atom. The Kier molecular flexibility index (Phi) is 4.49. The van der Waals surface area contributed by atoms with E-state index >= 15 is 0 Å². The van der Waals surface area contributed by atoms with Crippen LogP contribution in [0.1, 0.15) is 15.9 Å². The molecule has 1 aromatic carbocycles. The summed E-state index contributed by atoms with van der Waals surface area (Å²) >= 11 is 0. The van der Waals surface area contributed by atoms with Gasteiger partial charge in [0.25, 0.3) is 5.91 Å². The number of rotatable bonds is 5. The van der Waals surface area contributed by atoms with Crippen LogP contribution in [-0.2, 0) is 6.54 Å². The van der Waals surface area contributed by atoms with Crippen LogP contribution in [0.4, 0.5) is 0 Å². The van der Waals surface area contributed by atoms with E-state index < -0.39 is 0 Å². The molecule has 0 bridgehead atoms. The maximum absolute atomic E-state index is 12.0. The van der Waals surface area contributed by atoms with E-state index in [0.29, 0.717) is 23.6 Å². The van der Waals surface area contributed by atoms with Crippen LogP contribution in [0.5, 0.6) is 11.5 Å². The van der Waals surface area contributed by atoms with Gasteiger partial charge in [-0.2, -0.15) is 5.10 Å². The van der Waals surface area contributed by atoms with Crippen molar-refractivity contribution in [2.24, 2.45) is 5.10 Å². The van der Waals surface area contributed by atoms with Crippen LogP contribution in [0.25, 0.3) is 0 Å². The predicted octanol–water partition coefficient (Wildman–Crippen LogP) is 0.459. The highest BCUT2D eigenvalue weighted by atomic mass is 16.7. The molecule has 3 rings (SSSR count). The van der Waals surface area contributed by atoms with Gasteiger partial charge in [-0.3, -0.25) is 4.79 Å². The van der Waals surface area contributed by atoms with Gasteiger partial charge in [0.1, 0.15) is 6.61 Å². The summed E-state index contributed by atoms with van der Waals surface area (Å²) in [7, 11) is 0. The largest absolute Gasteiger partial charge is 0.454 e. The fourth-order valence-corrected chi connectivity index (χ4v) is 2.10. The lowest BCUT2D eigenvalue weighted by Gasteiger charge is -2.00. The maximum atomic E-state index is 12.0. The molecule has 0 saturated carbocycles. The Morgan fingerprint density at radius 2 is 2.04 bits per heavy atom. The number of aliphatic hydroxyl groups is 1. The standard InChI is InChI=1S/C16H15N3O4/c20-8-7-19-5-3-13(4-6-19)16(21)18-17-10-12-1-2-14-15(9-12)23-11-22-14/h1-6,9-10,20H,7-8,11H2/p+1.